The zero-order valence-electron chi connectivity index (χ0n) is 23.5. The van der Waals surface area contributed by atoms with Crippen molar-refractivity contribution in [3.63, 3.8) is 0 Å². The summed E-state index contributed by atoms with van der Waals surface area (Å²) in [5.74, 6) is 0. The fraction of sp³-hybridized carbons (Fsp3) is 0.958. The average Bonchev–Trinajstić information content (AvgIpc) is 2.37. The van der Waals surface area contributed by atoms with Crippen molar-refractivity contribution in [1.29, 1.82) is 0 Å². The topological polar surface area (TPSA) is 6.48 Å². The molecule has 30 heavy (non-hydrogen) atoms. The van der Waals surface area contributed by atoms with Gasteiger partial charge in [-0.05, 0) is 70.4 Å². The van der Waals surface area contributed by atoms with Crippen LogP contribution in [0.4, 0.5) is 0 Å². The van der Waals surface area contributed by atoms with Gasteiger partial charge in [-0.1, -0.05) is 80.3 Å². The van der Waals surface area contributed by atoms with Gasteiger partial charge in [0.05, 0.1) is 8.07 Å². The molecule has 6 heteroatoms. The third-order valence-corrected chi connectivity index (χ3v) is 22.7. The highest BCUT2D eigenvalue weighted by atomic mass is 35.7. The molecule has 0 aromatic carbocycles. The fourth-order valence-electron chi connectivity index (χ4n) is 5.29. The second-order valence-electron chi connectivity index (χ2n) is 12.9. The summed E-state index contributed by atoms with van der Waals surface area (Å²) in [6.45, 7) is 38.8. The Morgan fingerprint density at radius 2 is 0.900 bits per heavy atom. The van der Waals surface area contributed by atoms with Crippen LogP contribution in [0.1, 0.15) is 96.9 Å². The van der Waals surface area contributed by atoms with Crippen LogP contribution >= 0.6 is 25.7 Å². The molecule has 0 rings (SSSR count). The van der Waals surface area contributed by atoms with Crippen molar-refractivity contribution in [3.8, 4) is 0 Å². The molecule has 0 bridgehead atoms. The standard InChI is InChI=1S/C24H55ClN2P2Si/c1-18(2)26(19(3)4)29(25,27(20(5)6)21(7)8)22(30(15,16)17)28(23(9,10)11)24(12,13)14/h18-21H,1-17H3. The highest BCUT2D eigenvalue weighted by Crippen LogP contribution is 2.74. The first-order chi connectivity index (χ1) is 13.0. The lowest BCUT2D eigenvalue weighted by Gasteiger charge is -2.56. The molecule has 0 aromatic heterocycles. The van der Waals surface area contributed by atoms with Crippen molar-refractivity contribution in [1.82, 2.24) is 9.34 Å². The smallest absolute Gasteiger partial charge is 0.103 e. The maximum Gasteiger partial charge on any atom is 0.103 e. The first-order valence-corrected chi connectivity index (χ1v) is 19.3. The highest BCUT2D eigenvalue weighted by molar-refractivity contribution is 8.11. The molecule has 0 fully saturated rings. The van der Waals surface area contributed by atoms with E-state index >= 15 is 0 Å². The van der Waals surface area contributed by atoms with E-state index in [9.17, 15) is 0 Å². The number of nitrogens with zero attached hydrogens (tertiary/aromatic N) is 2. The van der Waals surface area contributed by atoms with E-state index in [1.807, 2.05) is 0 Å². The van der Waals surface area contributed by atoms with E-state index in [1.54, 1.807) is 4.66 Å². The Morgan fingerprint density at radius 1 is 0.667 bits per heavy atom. The van der Waals surface area contributed by atoms with Crippen molar-refractivity contribution in [2.75, 3.05) is 0 Å². The Bertz CT molecular complexity index is 554. The van der Waals surface area contributed by atoms with Crippen LogP contribution in [-0.2, 0) is 0 Å². The van der Waals surface area contributed by atoms with Crippen molar-refractivity contribution in [2.24, 2.45) is 0 Å². The summed E-state index contributed by atoms with van der Waals surface area (Å²) in [7, 11) is -2.17. The van der Waals surface area contributed by atoms with Gasteiger partial charge in [-0.2, -0.15) is 0 Å². The molecule has 0 aliphatic rings. The van der Waals surface area contributed by atoms with Gasteiger partial charge in [0.25, 0.3) is 0 Å². The Morgan fingerprint density at radius 3 is 1.03 bits per heavy atom. The quantitative estimate of drug-likeness (QED) is 0.244. The molecule has 0 aromatic rings. The zero-order chi connectivity index (χ0) is 24.6. The van der Waals surface area contributed by atoms with Crippen LogP contribution < -0.4 is 0 Å². The summed E-state index contributed by atoms with van der Waals surface area (Å²) in [5, 5.41) is 0.422. The summed E-state index contributed by atoms with van der Waals surface area (Å²) in [5.41, 5.74) is 0. The zero-order valence-corrected chi connectivity index (χ0v) is 27.0. The van der Waals surface area contributed by atoms with Crippen molar-refractivity contribution in [3.05, 3.63) is 0 Å². The summed E-state index contributed by atoms with van der Waals surface area (Å²) in [6.07, 6.45) is 0. The predicted molar refractivity (Wildman–Crippen MR) is 152 cm³/mol. The van der Waals surface area contributed by atoms with E-state index in [2.05, 4.69) is 126 Å². The highest BCUT2D eigenvalue weighted by Gasteiger charge is 2.50. The second-order valence-corrected chi connectivity index (χ2v) is 26.7. The molecule has 2 nitrogen and oxygen atoms in total. The molecule has 182 valence electrons. The summed E-state index contributed by atoms with van der Waals surface area (Å²) < 4.78 is 7.20. The molecular weight excluding hydrogens is 442 g/mol. The van der Waals surface area contributed by atoms with Gasteiger partial charge in [-0.15, -0.1) is 0 Å². The third-order valence-electron chi connectivity index (χ3n) is 5.22. The first kappa shape index (κ1) is 31.2. The fourth-order valence-corrected chi connectivity index (χ4v) is 29.0. The maximum absolute atomic E-state index is 8.29. The van der Waals surface area contributed by atoms with E-state index in [1.165, 1.54) is 0 Å². The van der Waals surface area contributed by atoms with Gasteiger partial charge in [0, 0.05) is 24.2 Å². The average molecular weight is 497 g/mol. The van der Waals surface area contributed by atoms with Crippen LogP contribution in [0.2, 0.25) is 19.6 Å². The second kappa shape index (κ2) is 10.6. The maximum atomic E-state index is 8.29. The molecule has 0 spiro atoms. The Kier molecular flexibility index (Phi) is 11.0. The third kappa shape index (κ3) is 7.08. The molecule has 0 radical (unpaired) electrons. The van der Waals surface area contributed by atoms with Crippen LogP contribution in [0, 0.1) is 0 Å². The van der Waals surface area contributed by atoms with Gasteiger partial charge in [0.1, 0.15) is 6.54 Å². The van der Waals surface area contributed by atoms with Gasteiger partial charge in [0.2, 0.25) is 0 Å². The molecule has 0 saturated heterocycles. The summed E-state index contributed by atoms with van der Waals surface area (Å²) in [4.78, 5) is 0. The van der Waals surface area contributed by atoms with Crippen LogP contribution in [0.15, 0.2) is 0 Å². The SMILES string of the molecule is CC(C)N(C(C)C)P(Cl)(=C(P(C(C)(C)C)C(C)(C)C)[Si](C)(C)C)N(C(C)C)C(C)C. The predicted octanol–water partition coefficient (Wildman–Crippen LogP) is 9.31. The molecule has 0 saturated carbocycles. The molecule has 0 aliphatic heterocycles. The van der Waals surface area contributed by atoms with Gasteiger partial charge >= 0.3 is 0 Å². The van der Waals surface area contributed by atoms with Gasteiger partial charge < -0.3 is 0 Å². The monoisotopic (exact) mass is 496 g/mol. The van der Waals surface area contributed by atoms with E-state index in [0.717, 1.165) is 0 Å². The molecule has 0 N–H and O–H groups in total. The molecule has 0 atom stereocenters. The lowest BCUT2D eigenvalue weighted by molar-refractivity contribution is 0.261. The minimum absolute atomic E-state index is 0.211. The Hall–Kier alpha value is 1.16. The van der Waals surface area contributed by atoms with Crippen molar-refractivity contribution < 1.29 is 0 Å². The Labute approximate surface area is 198 Å². The Balaban J connectivity index is 8.07. The van der Waals surface area contributed by atoms with E-state index in [4.69, 9.17) is 11.2 Å². The lowest BCUT2D eigenvalue weighted by atomic mass is 10.2. The number of hydrogen-bond donors (Lipinski definition) is 0. The normalized spacial score (nSPS) is 15.1. The van der Waals surface area contributed by atoms with E-state index in [-0.39, 0.29) is 10.3 Å². The molecule has 0 unspecified atom stereocenters. The molecule has 0 amide bonds. The largest absolute Gasteiger partial charge is 0.255 e. The number of hydrogen-bond acceptors (Lipinski definition) is 2. The van der Waals surface area contributed by atoms with Crippen molar-refractivity contribution in [2.45, 2.75) is 151 Å². The molecule has 0 aliphatic carbocycles. The summed E-state index contributed by atoms with van der Waals surface area (Å²) >= 11 is 8.29. The van der Waals surface area contributed by atoms with Gasteiger partial charge in [-0.3, -0.25) is 9.34 Å². The van der Waals surface area contributed by atoms with E-state index in [0.29, 0.717) is 24.2 Å². The van der Waals surface area contributed by atoms with Crippen LogP contribution in [0.5, 0.6) is 0 Å². The van der Waals surface area contributed by atoms with Crippen molar-refractivity contribution >= 4 is 38.4 Å². The molecule has 0 heterocycles. The van der Waals surface area contributed by atoms with Crippen LogP contribution in [0.3, 0.4) is 0 Å². The molecular formula is C24H55ClN2P2Si. The van der Waals surface area contributed by atoms with Crippen LogP contribution in [-0.4, -0.2) is 56.6 Å². The van der Waals surface area contributed by atoms with Gasteiger partial charge in [0.15, 0.2) is 0 Å². The minimum Gasteiger partial charge on any atom is -0.255 e. The minimum atomic E-state index is -2.25. The number of halogens is 1. The lowest BCUT2D eigenvalue weighted by Crippen LogP contribution is -2.50. The summed E-state index contributed by atoms with van der Waals surface area (Å²) in [6, 6.07) is 1.61. The van der Waals surface area contributed by atoms with Crippen LogP contribution in [0.25, 0.3) is 0 Å². The first-order valence-electron chi connectivity index (χ1n) is 11.9. The van der Waals surface area contributed by atoms with Gasteiger partial charge in [-0.25, -0.2) is 0 Å². The van der Waals surface area contributed by atoms with E-state index < -0.39 is 22.5 Å². The number of rotatable bonds is 8.